The molecule has 0 fully saturated rings. The maximum atomic E-state index is 5.98. The average Bonchev–Trinajstić information content (AvgIpc) is 2.29. The molecule has 88 valence electrons. The van der Waals surface area contributed by atoms with Crippen molar-refractivity contribution in [3.05, 3.63) is 30.4 Å². The van der Waals surface area contributed by atoms with Gasteiger partial charge in [-0.25, -0.2) is 0 Å². The number of benzene rings is 1. The molecule has 0 saturated carbocycles. The monoisotopic (exact) mass is 220 g/mol. The number of nitrogens with one attached hydrogen (secondary N) is 1. The first kappa shape index (κ1) is 12.4. The van der Waals surface area contributed by atoms with E-state index in [2.05, 4.69) is 11.4 Å². The second kappa shape index (κ2) is 6.77. The highest BCUT2D eigenvalue weighted by Crippen LogP contribution is 2.29. The fourth-order valence-corrected chi connectivity index (χ4v) is 1.44. The molecule has 0 spiro atoms. The summed E-state index contributed by atoms with van der Waals surface area (Å²) in [4.78, 5) is 0. The van der Waals surface area contributed by atoms with Crippen molar-refractivity contribution in [2.75, 3.05) is 24.2 Å². The number of allylic oxidation sites excluding steroid dienone is 1. The van der Waals surface area contributed by atoms with Gasteiger partial charge in [0.1, 0.15) is 5.75 Å². The summed E-state index contributed by atoms with van der Waals surface area (Å²) in [7, 11) is 0. The standard InChI is InChI=1S/C13H20N2O/c1-3-5-6-10-15-11-8-7-9-12(13(11)14)16-4-2/h3,5,7-9,15H,4,6,10,14H2,1-2H3/b5-3+. The first-order chi connectivity index (χ1) is 7.79. The van der Waals surface area contributed by atoms with Gasteiger partial charge < -0.3 is 15.8 Å². The summed E-state index contributed by atoms with van der Waals surface area (Å²) in [5.41, 5.74) is 7.60. The van der Waals surface area contributed by atoms with Crippen LogP contribution in [0.2, 0.25) is 0 Å². The van der Waals surface area contributed by atoms with Crippen LogP contribution in [0.5, 0.6) is 5.75 Å². The number of hydrogen-bond acceptors (Lipinski definition) is 3. The zero-order valence-corrected chi connectivity index (χ0v) is 9.99. The van der Waals surface area contributed by atoms with Crippen molar-refractivity contribution in [1.82, 2.24) is 0 Å². The van der Waals surface area contributed by atoms with Crippen molar-refractivity contribution in [3.8, 4) is 5.75 Å². The van der Waals surface area contributed by atoms with Gasteiger partial charge in [0.15, 0.2) is 0 Å². The largest absolute Gasteiger partial charge is 0.492 e. The summed E-state index contributed by atoms with van der Waals surface area (Å²) in [6.45, 7) is 5.48. The maximum Gasteiger partial charge on any atom is 0.144 e. The molecule has 16 heavy (non-hydrogen) atoms. The SMILES string of the molecule is C/C=C/CCNc1cccc(OCC)c1N. The Morgan fingerprint density at radius 2 is 2.25 bits per heavy atom. The third kappa shape index (κ3) is 3.50. The van der Waals surface area contributed by atoms with Crippen LogP contribution in [0.25, 0.3) is 0 Å². The molecule has 0 heterocycles. The van der Waals surface area contributed by atoms with Crippen LogP contribution < -0.4 is 15.8 Å². The Labute approximate surface area is 97.3 Å². The first-order valence-electron chi connectivity index (χ1n) is 5.66. The minimum Gasteiger partial charge on any atom is -0.492 e. The quantitative estimate of drug-likeness (QED) is 0.440. The Balaban J connectivity index is 2.61. The van der Waals surface area contributed by atoms with E-state index in [0.717, 1.165) is 24.4 Å². The van der Waals surface area contributed by atoms with E-state index in [1.54, 1.807) is 0 Å². The molecule has 0 saturated heterocycles. The lowest BCUT2D eigenvalue weighted by Gasteiger charge is -2.12. The molecule has 0 aliphatic carbocycles. The summed E-state index contributed by atoms with van der Waals surface area (Å²) < 4.78 is 5.43. The van der Waals surface area contributed by atoms with Gasteiger partial charge in [-0.05, 0) is 32.4 Å². The molecule has 0 aromatic heterocycles. The van der Waals surface area contributed by atoms with Gasteiger partial charge in [-0.2, -0.15) is 0 Å². The fraction of sp³-hybridized carbons (Fsp3) is 0.385. The lowest BCUT2D eigenvalue weighted by molar-refractivity contribution is 0.342. The van der Waals surface area contributed by atoms with Crippen molar-refractivity contribution in [2.24, 2.45) is 0 Å². The molecule has 3 nitrogen and oxygen atoms in total. The van der Waals surface area contributed by atoms with Crippen LogP contribution >= 0.6 is 0 Å². The Morgan fingerprint density at radius 1 is 1.44 bits per heavy atom. The molecule has 0 atom stereocenters. The van der Waals surface area contributed by atoms with E-state index in [4.69, 9.17) is 10.5 Å². The van der Waals surface area contributed by atoms with E-state index in [1.165, 1.54) is 0 Å². The van der Waals surface area contributed by atoms with Gasteiger partial charge in [0.2, 0.25) is 0 Å². The summed E-state index contributed by atoms with van der Waals surface area (Å²) in [5.74, 6) is 0.749. The lowest BCUT2D eigenvalue weighted by atomic mass is 10.2. The van der Waals surface area contributed by atoms with Crippen molar-refractivity contribution < 1.29 is 4.74 Å². The predicted molar refractivity (Wildman–Crippen MR) is 69.9 cm³/mol. The second-order valence-corrected chi connectivity index (χ2v) is 3.43. The fourth-order valence-electron chi connectivity index (χ4n) is 1.44. The lowest BCUT2D eigenvalue weighted by Crippen LogP contribution is -2.05. The Morgan fingerprint density at radius 3 is 2.94 bits per heavy atom. The summed E-state index contributed by atoms with van der Waals surface area (Å²) >= 11 is 0. The number of para-hydroxylation sites is 1. The van der Waals surface area contributed by atoms with E-state index in [0.29, 0.717) is 12.3 Å². The van der Waals surface area contributed by atoms with E-state index in [-0.39, 0.29) is 0 Å². The summed E-state index contributed by atoms with van der Waals surface area (Å²) in [5, 5.41) is 3.29. The molecule has 3 N–H and O–H groups in total. The minimum absolute atomic E-state index is 0.631. The van der Waals surface area contributed by atoms with Crippen molar-refractivity contribution in [1.29, 1.82) is 0 Å². The molecular formula is C13H20N2O. The Bertz CT molecular complexity index is 348. The minimum atomic E-state index is 0.631. The van der Waals surface area contributed by atoms with Gasteiger partial charge in [0.05, 0.1) is 18.0 Å². The predicted octanol–water partition coefficient (Wildman–Crippen LogP) is 3.05. The van der Waals surface area contributed by atoms with E-state index in [9.17, 15) is 0 Å². The first-order valence-corrected chi connectivity index (χ1v) is 5.66. The Kier molecular flexibility index (Phi) is 5.26. The molecule has 1 rings (SSSR count). The molecule has 3 heteroatoms. The number of nitrogen functional groups attached to an aromatic ring is 1. The van der Waals surface area contributed by atoms with Crippen LogP contribution in [0.15, 0.2) is 30.4 Å². The average molecular weight is 220 g/mol. The van der Waals surface area contributed by atoms with E-state index >= 15 is 0 Å². The maximum absolute atomic E-state index is 5.98. The normalized spacial score (nSPS) is 10.6. The highest BCUT2D eigenvalue weighted by atomic mass is 16.5. The van der Waals surface area contributed by atoms with Gasteiger partial charge in [-0.3, -0.25) is 0 Å². The highest BCUT2D eigenvalue weighted by Gasteiger charge is 2.04. The van der Waals surface area contributed by atoms with E-state index < -0.39 is 0 Å². The molecule has 1 aromatic rings. The number of hydrogen-bond donors (Lipinski definition) is 2. The van der Waals surface area contributed by atoms with Gasteiger partial charge in [-0.15, -0.1) is 0 Å². The zero-order valence-electron chi connectivity index (χ0n) is 9.99. The summed E-state index contributed by atoms with van der Waals surface area (Å²) in [6.07, 6.45) is 5.16. The van der Waals surface area contributed by atoms with Crippen LogP contribution in [0.3, 0.4) is 0 Å². The molecule has 0 aliphatic rings. The van der Waals surface area contributed by atoms with Crippen LogP contribution in [0.4, 0.5) is 11.4 Å². The third-order valence-corrected chi connectivity index (χ3v) is 2.23. The number of rotatable bonds is 6. The van der Waals surface area contributed by atoms with Crippen molar-refractivity contribution in [2.45, 2.75) is 20.3 Å². The molecule has 1 aromatic carbocycles. The van der Waals surface area contributed by atoms with Crippen LogP contribution in [-0.2, 0) is 0 Å². The van der Waals surface area contributed by atoms with Crippen molar-refractivity contribution >= 4 is 11.4 Å². The van der Waals surface area contributed by atoms with E-state index in [1.807, 2.05) is 38.1 Å². The molecular weight excluding hydrogens is 200 g/mol. The smallest absolute Gasteiger partial charge is 0.144 e. The van der Waals surface area contributed by atoms with Gasteiger partial charge in [0, 0.05) is 6.54 Å². The van der Waals surface area contributed by atoms with Crippen molar-refractivity contribution in [3.63, 3.8) is 0 Å². The molecule has 0 amide bonds. The molecule has 0 bridgehead atoms. The Hall–Kier alpha value is -1.64. The highest BCUT2D eigenvalue weighted by molar-refractivity contribution is 5.72. The molecule has 0 radical (unpaired) electrons. The molecule has 0 unspecified atom stereocenters. The number of ether oxygens (including phenoxy) is 1. The van der Waals surface area contributed by atoms with Gasteiger partial charge in [0.25, 0.3) is 0 Å². The van der Waals surface area contributed by atoms with Crippen LogP contribution in [-0.4, -0.2) is 13.2 Å². The zero-order chi connectivity index (χ0) is 11.8. The topological polar surface area (TPSA) is 47.3 Å². The number of nitrogens with two attached hydrogens (primary N) is 1. The van der Waals surface area contributed by atoms with Crippen LogP contribution in [0, 0.1) is 0 Å². The molecule has 0 aliphatic heterocycles. The van der Waals surface area contributed by atoms with Gasteiger partial charge in [-0.1, -0.05) is 18.2 Å². The second-order valence-electron chi connectivity index (χ2n) is 3.43. The number of anilines is 2. The third-order valence-electron chi connectivity index (χ3n) is 2.23. The summed E-state index contributed by atoms with van der Waals surface area (Å²) in [6, 6.07) is 5.79. The van der Waals surface area contributed by atoms with Gasteiger partial charge >= 0.3 is 0 Å². The van der Waals surface area contributed by atoms with Crippen LogP contribution in [0.1, 0.15) is 20.3 Å².